The first-order chi connectivity index (χ1) is 14.2. The smallest absolute Gasteiger partial charge is 0.259 e. The molecule has 1 fully saturated rings. The Morgan fingerprint density at radius 1 is 1.17 bits per heavy atom. The fourth-order valence-electron chi connectivity index (χ4n) is 4.29. The van der Waals surface area contributed by atoms with Gasteiger partial charge in [-0.2, -0.15) is 4.98 Å². The highest BCUT2D eigenvalue weighted by Gasteiger charge is 2.33. The second-order valence-corrected chi connectivity index (χ2v) is 7.71. The average Bonchev–Trinajstić information content (AvgIpc) is 3.40. The largest absolute Gasteiger partial charge is 0.356 e. The van der Waals surface area contributed by atoms with Crippen LogP contribution in [0.25, 0.3) is 11.5 Å². The number of aromatic nitrogens is 3. The number of fused-ring (bicyclic) bond motifs is 1. The van der Waals surface area contributed by atoms with Crippen LogP contribution in [0.3, 0.4) is 0 Å². The molecule has 7 nitrogen and oxygen atoms in total. The molecule has 0 unspecified atom stereocenters. The monoisotopic (exact) mass is 389 g/mol. The number of hydrogen-bond acceptors (Lipinski definition) is 6. The third-order valence-electron chi connectivity index (χ3n) is 5.77. The van der Waals surface area contributed by atoms with Gasteiger partial charge in [0.2, 0.25) is 5.91 Å². The van der Waals surface area contributed by atoms with Gasteiger partial charge >= 0.3 is 0 Å². The molecule has 3 aromatic rings. The number of rotatable bonds is 3. The summed E-state index contributed by atoms with van der Waals surface area (Å²) in [7, 11) is 0. The maximum atomic E-state index is 13.2. The zero-order valence-electron chi connectivity index (χ0n) is 16.4. The standard InChI is InChI=1S/C22H23N5O2/c1-15-24-21(29-25-15)17-8-9-20(23-13-17)26-11-4-6-18(14-26)22(28)27-12-10-16-5-2-3-7-19(16)27/h2-3,5,7-9,13,18H,4,6,10-12,14H2,1H3/t18-/m0/s1. The minimum absolute atomic E-state index is 0.00465. The van der Waals surface area contributed by atoms with Crippen LogP contribution < -0.4 is 9.80 Å². The highest BCUT2D eigenvalue weighted by Crippen LogP contribution is 2.31. The van der Waals surface area contributed by atoms with Crippen molar-refractivity contribution in [2.24, 2.45) is 5.92 Å². The number of benzene rings is 1. The first-order valence-electron chi connectivity index (χ1n) is 10.1. The molecule has 0 aliphatic carbocycles. The minimum atomic E-state index is -0.00465. The first-order valence-corrected chi connectivity index (χ1v) is 10.1. The fraction of sp³-hybridized carbons (Fsp3) is 0.364. The Bertz CT molecular complexity index is 1030. The summed E-state index contributed by atoms with van der Waals surface area (Å²) in [6.45, 7) is 4.18. The summed E-state index contributed by atoms with van der Waals surface area (Å²) in [5, 5.41) is 3.82. The molecule has 4 heterocycles. The van der Waals surface area contributed by atoms with Crippen LogP contribution in [0.15, 0.2) is 47.1 Å². The molecular formula is C22H23N5O2. The van der Waals surface area contributed by atoms with Crippen molar-refractivity contribution < 1.29 is 9.32 Å². The predicted octanol–water partition coefficient (Wildman–Crippen LogP) is 3.25. The van der Waals surface area contributed by atoms with Gasteiger partial charge in [0.05, 0.1) is 11.5 Å². The van der Waals surface area contributed by atoms with Crippen molar-refractivity contribution >= 4 is 17.4 Å². The van der Waals surface area contributed by atoms with E-state index in [0.717, 1.165) is 49.4 Å². The molecule has 0 bridgehead atoms. The van der Waals surface area contributed by atoms with Crippen LogP contribution >= 0.6 is 0 Å². The molecule has 1 saturated heterocycles. The Morgan fingerprint density at radius 2 is 2.07 bits per heavy atom. The van der Waals surface area contributed by atoms with Gasteiger partial charge in [0.15, 0.2) is 5.82 Å². The molecular weight excluding hydrogens is 366 g/mol. The van der Waals surface area contributed by atoms with E-state index in [0.29, 0.717) is 18.3 Å². The summed E-state index contributed by atoms with van der Waals surface area (Å²) >= 11 is 0. The van der Waals surface area contributed by atoms with Gasteiger partial charge in [0, 0.05) is 31.5 Å². The lowest BCUT2D eigenvalue weighted by Gasteiger charge is -2.34. The second kappa shape index (κ2) is 7.31. The number of carbonyl (C=O) groups excluding carboxylic acids is 1. The average molecular weight is 389 g/mol. The van der Waals surface area contributed by atoms with Crippen LogP contribution in [0.2, 0.25) is 0 Å². The van der Waals surface area contributed by atoms with Gasteiger partial charge in [-0.3, -0.25) is 4.79 Å². The Kier molecular flexibility index (Phi) is 4.50. The van der Waals surface area contributed by atoms with Crippen LogP contribution in [-0.4, -0.2) is 40.7 Å². The van der Waals surface area contributed by atoms with E-state index in [2.05, 4.69) is 32.2 Å². The maximum absolute atomic E-state index is 13.2. The molecule has 7 heteroatoms. The molecule has 29 heavy (non-hydrogen) atoms. The maximum Gasteiger partial charge on any atom is 0.259 e. The molecule has 0 radical (unpaired) electrons. The summed E-state index contributed by atoms with van der Waals surface area (Å²) in [5.41, 5.74) is 3.14. The van der Waals surface area contributed by atoms with Crippen molar-refractivity contribution in [3.63, 3.8) is 0 Å². The molecule has 2 aromatic heterocycles. The molecule has 0 saturated carbocycles. The van der Waals surface area contributed by atoms with E-state index in [1.165, 1.54) is 5.56 Å². The van der Waals surface area contributed by atoms with E-state index >= 15 is 0 Å². The topological polar surface area (TPSA) is 75.4 Å². The van der Waals surface area contributed by atoms with Crippen molar-refractivity contribution in [2.75, 3.05) is 29.4 Å². The van der Waals surface area contributed by atoms with Crippen molar-refractivity contribution in [1.82, 2.24) is 15.1 Å². The highest BCUT2D eigenvalue weighted by atomic mass is 16.5. The minimum Gasteiger partial charge on any atom is -0.356 e. The third kappa shape index (κ3) is 3.37. The Hall–Kier alpha value is -3.22. The van der Waals surface area contributed by atoms with Crippen molar-refractivity contribution in [2.45, 2.75) is 26.2 Å². The first kappa shape index (κ1) is 17.8. The molecule has 1 atom stereocenters. The Labute approximate surface area is 169 Å². The molecule has 1 amide bonds. The number of nitrogens with zero attached hydrogens (tertiary/aromatic N) is 5. The van der Waals surface area contributed by atoms with Crippen LogP contribution in [-0.2, 0) is 11.2 Å². The summed E-state index contributed by atoms with van der Waals surface area (Å²) in [6, 6.07) is 12.1. The third-order valence-corrected chi connectivity index (χ3v) is 5.77. The van der Waals surface area contributed by atoms with Gasteiger partial charge in [0.1, 0.15) is 5.82 Å². The molecule has 2 aliphatic heterocycles. The summed E-state index contributed by atoms with van der Waals surface area (Å²) in [6.07, 6.45) is 4.60. The lowest BCUT2D eigenvalue weighted by molar-refractivity contribution is -0.122. The van der Waals surface area contributed by atoms with Gasteiger partial charge in [0.25, 0.3) is 5.89 Å². The van der Waals surface area contributed by atoms with Crippen LogP contribution in [0.5, 0.6) is 0 Å². The molecule has 148 valence electrons. The van der Waals surface area contributed by atoms with Crippen molar-refractivity contribution in [3.05, 3.63) is 54.0 Å². The fourth-order valence-corrected chi connectivity index (χ4v) is 4.29. The van der Waals surface area contributed by atoms with Gasteiger partial charge in [-0.15, -0.1) is 0 Å². The Balaban J connectivity index is 1.30. The number of carbonyl (C=O) groups is 1. The molecule has 1 aromatic carbocycles. The number of aryl methyl sites for hydroxylation is 1. The summed E-state index contributed by atoms with van der Waals surface area (Å²) < 4.78 is 5.20. The van der Waals surface area contributed by atoms with Gasteiger partial charge in [-0.1, -0.05) is 23.4 Å². The number of amides is 1. The highest BCUT2D eigenvalue weighted by molar-refractivity contribution is 5.97. The molecule has 0 spiro atoms. The SMILES string of the molecule is Cc1noc(-c2ccc(N3CCC[C@H](C(=O)N4CCc5ccccc54)C3)nc2)n1. The van der Waals surface area contributed by atoms with E-state index in [-0.39, 0.29) is 11.8 Å². The Morgan fingerprint density at radius 3 is 2.86 bits per heavy atom. The quantitative estimate of drug-likeness (QED) is 0.685. The number of piperidine rings is 1. The number of hydrogen-bond donors (Lipinski definition) is 0. The van der Waals surface area contributed by atoms with Gasteiger partial charge in [-0.05, 0) is 49.9 Å². The molecule has 5 rings (SSSR count). The van der Waals surface area contributed by atoms with E-state index in [1.807, 2.05) is 29.2 Å². The van der Waals surface area contributed by atoms with Gasteiger partial charge in [-0.25, -0.2) is 4.98 Å². The van der Waals surface area contributed by atoms with E-state index in [4.69, 9.17) is 4.52 Å². The van der Waals surface area contributed by atoms with Gasteiger partial charge < -0.3 is 14.3 Å². The summed E-state index contributed by atoms with van der Waals surface area (Å²) in [5.74, 6) is 2.18. The van der Waals surface area contributed by atoms with Crippen molar-refractivity contribution in [3.8, 4) is 11.5 Å². The zero-order valence-corrected chi connectivity index (χ0v) is 16.4. The van der Waals surface area contributed by atoms with Crippen LogP contribution in [0.4, 0.5) is 11.5 Å². The van der Waals surface area contributed by atoms with E-state index in [1.54, 1.807) is 13.1 Å². The normalized spacial score (nSPS) is 18.7. The molecule has 2 aliphatic rings. The van der Waals surface area contributed by atoms with Crippen molar-refractivity contribution in [1.29, 1.82) is 0 Å². The van der Waals surface area contributed by atoms with Crippen LogP contribution in [0.1, 0.15) is 24.2 Å². The molecule has 0 N–H and O–H groups in total. The lowest BCUT2D eigenvalue weighted by Crippen LogP contribution is -2.44. The zero-order chi connectivity index (χ0) is 19.8. The van der Waals surface area contributed by atoms with Crippen LogP contribution in [0, 0.1) is 12.8 Å². The summed E-state index contributed by atoms with van der Waals surface area (Å²) in [4.78, 5) is 26.2. The number of pyridine rings is 1. The van der Waals surface area contributed by atoms with E-state index < -0.39 is 0 Å². The second-order valence-electron chi connectivity index (χ2n) is 7.71. The number of anilines is 2. The lowest BCUT2D eigenvalue weighted by atomic mass is 9.96. The van der Waals surface area contributed by atoms with E-state index in [9.17, 15) is 4.79 Å². The predicted molar refractivity (Wildman–Crippen MR) is 110 cm³/mol. The number of para-hydroxylation sites is 1.